The van der Waals surface area contributed by atoms with Crippen molar-refractivity contribution in [3.8, 4) is 0 Å². The molecule has 110 valence electrons. The Labute approximate surface area is 117 Å². The van der Waals surface area contributed by atoms with Crippen LogP contribution in [0.5, 0.6) is 0 Å². The van der Waals surface area contributed by atoms with Crippen molar-refractivity contribution >= 4 is 10.0 Å². The van der Waals surface area contributed by atoms with Gasteiger partial charge in [-0.3, -0.25) is 0 Å². The van der Waals surface area contributed by atoms with Crippen LogP contribution in [0.4, 0.5) is 0 Å². The van der Waals surface area contributed by atoms with Gasteiger partial charge in [0, 0.05) is 39.0 Å². The number of rotatable bonds is 7. The van der Waals surface area contributed by atoms with Crippen molar-refractivity contribution in [1.29, 1.82) is 0 Å². The smallest absolute Gasteiger partial charge is 0.262 e. The van der Waals surface area contributed by atoms with Gasteiger partial charge in [0.1, 0.15) is 0 Å². The fourth-order valence-corrected chi connectivity index (χ4v) is 3.10. The third kappa shape index (κ3) is 3.27. The lowest BCUT2D eigenvalue weighted by Gasteiger charge is -2.19. The lowest BCUT2D eigenvalue weighted by atomic mass is 10.3. The highest BCUT2D eigenvalue weighted by Crippen LogP contribution is 2.16. The van der Waals surface area contributed by atoms with Crippen LogP contribution >= 0.6 is 0 Å². The van der Waals surface area contributed by atoms with Crippen molar-refractivity contribution in [2.45, 2.75) is 11.6 Å². The molecule has 0 spiro atoms. The minimum Gasteiger partial charge on any atom is -0.472 e. The summed E-state index contributed by atoms with van der Waals surface area (Å²) in [6.45, 7) is 0.781. The van der Waals surface area contributed by atoms with Crippen molar-refractivity contribution in [2.75, 3.05) is 20.3 Å². The molecule has 0 aromatic carbocycles. The third-order valence-electron chi connectivity index (χ3n) is 2.77. The molecule has 2 heterocycles. The van der Waals surface area contributed by atoms with Crippen LogP contribution in [-0.4, -0.2) is 42.5 Å². The summed E-state index contributed by atoms with van der Waals surface area (Å²) in [5.41, 5.74) is 0.778. The average Bonchev–Trinajstić information content (AvgIpc) is 3.05. The minimum atomic E-state index is -3.65. The Bertz CT molecular complexity index is 633. The maximum atomic E-state index is 12.5. The molecule has 7 nitrogen and oxygen atoms in total. The molecule has 20 heavy (non-hydrogen) atoms. The van der Waals surface area contributed by atoms with Gasteiger partial charge in [0.25, 0.3) is 10.0 Å². The van der Waals surface area contributed by atoms with E-state index in [-0.39, 0.29) is 18.1 Å². The minimum absolute atomic E-state index is 0.0274. The number of nitrogens with zero attached hydrogens (tertiary/aromatic N) is 3. The van der Waals surface area contributed by atoms with Gasteiger partial charge < -0.3 is 13.7 Å². The Morgan fingerprint density at radius 1 is 1.50 bits per heavy atom. The van der Waals surface area contributed by atoms with Crippen molar-refractivity contribution in [3.63, 3.8) is 0 Å². The molecule has 0 atom stereocenters. The fourth-order valence-electron chi connectivity index (χ4n) is 1.72. The van der Waals surface area contributed by atoms with Crippen LogP contribution in [0.15, 0.2) is 40.6 Å². The molecule has 8 heteroatoms. The van der Waals surface area contributed by atoms with Crippen LogP contribution in [0, 0.1) is 0 Å². The molecule has 2 aromatic heterocycles. The van der Waals surface area contributed by atoms with Crippen LogP contribution in [0.1, 0.15) is 5.56 Å². The Balaban J connectivity index is 2.25. The largest absolute Gasteiger partial charge is 0.472 e. The van der Waals surface area contributed by atoms with E-state index in [4.69, 9.17) is 9.15 Å². The van der Waals surface area contributed by atoms with E-state index in [0.717, 1.165) is 5.56 Å². The highest BCUT2D eigenvalue weighted by molar-refractivity contribution is 7.89. The zero-order chi connectivity index (χ0) is 14.6. The lowest BCUT2D eigenvalue weighted by Crippen LogP contribution is -2.33. The molecule has 0 aliphatic carbocycles. The van der Waals surface area contributed by atoms with Crippen molar-refractivity contribution in [1.82, 2.24) is 13.9 Å². The van der Waals surface area contributed by atoms with Gasteiger partial charge in [0.2, 0.25) is 0 Å². The van der Waals surface area contributed by atoms with E-state index in [1.165, 1.54) is 36.5 Å². The predicted molar refractivity (Wildman–Crippen MR) is 71.4 cm³/mol. The molecular formula is C12H17N3O4S. The Morgan fingerprint density at radius 3 is 2.85 bits per heavy atom. The van der Waals surface area contributed by atoms with Crippen molar-refractivity contribution in [3.05, 3.63) is 36.7 Å². The number of imidazole rings is 1. The summed E-state index contributed by atoms with van der Waals surface area (Å²) in [5, 5.41) is 0.0274. The number of furan rings is 1. The van der Waals surface area contributed by atoms with E-state index < -0.39 is 10.0 Å². The zero-order valence-electron chi connectivity index (χ0n) is 11.4. The number of hydrogen-bond acceptors (Lipinski definition) is 5. The van der Waals surface area contributed by atoms with Crippen LogP contribution in [0.25, 0.3) is 0 Å². The first-order valence-electron chi connectivity index (χ1n) is 6.02. The normalized spacial score (nSPS) is 12.2. The highest BCUT2D eigenvalue weighted by atomic mass is 32.2. The molecule has 0 aliphatic rings. The first-order chi connectivity index (χ1) is 9.54. The summed E-state index contributed by atoms with van der Waals surface area (Å²) in [4.78, 5) is 3.91. The van der Waals surface area contributed by atoms with Crippen LogP contribution in [0.2, 0.25) is 0 Å². The molecule has 0 radical (unpaired) electrons. The summed E-state index contributed by atoms with van der Waals surface area (Å²) in [6.07, 6.45) is 5.97. The number of sulfonamides is 1. The van der Waals surface area contributed by atoms with Gasteiger partial charge in [-0.1, -0.05) is 0 Å². The summed E-state index contributed by atoms with van der Waals surface area (Å²) >= 11 is 0. The number of aromatic nitrogens is 2. The monoisotopic (exact) mass is 299 g/mol. The second-order valence-corrected chi connectivity index (χ2v) is 6.23. The molecule has 0 fully saturated rings. The zero-order valence-corrected chi connectivity index (χ0v) is 12.2. The number of aryl methyl sites for hydroxylation is 1. The van der Waals surface area contributed by atoms with E-state index in [0.29, 0.717) is 6.61 Å². The molecule has 0 saturated heterocycles. The third-order valence-corrected chi connectivity index (χ3v) is 4.50. The van der Waals surface area contributed by atoms with Crippen LogP contribution in [-0.2, 0) is 28.4 Å². The Kier molecular flexibility index (Phi) is 4.58. The molecule has 0 aliphatic heterocycles. The standard InChI is InChI=1S/C12H17N3O4S/c1-14-8-12(13-10-14)20(16,17)15(4-6-18-2)7-11-3-5-19-9-11/h3,5,8-10H,4,6-7H2,1-2H3. The van der Waals surface area contributed by atoms with Crippen molar-refractivity contribution in [2.24, 2.45) is 7.05 Å². The summed E-state index contributed by atoms with van der Waals surface area (Å²) in [7, 11) is -0.394. The Hall–Kier alpha value is -1.64. The van der Waals surface area contributed by atoms with Gasteiger partial charge in [-0.05, 0) is 6.07 Å². The van der Waals surface area contributed by atoms with E-state index in [2.05, 4.69) is 4.98 Å². The molecule has 0 saturated carbocycles. The first kappa shape index (κ1) is 14.8. The fraction of sp³-hybridized carbons (Fsp3) is 0.417. The molecule has 0 N–H and O–H groups in total. The molecule has 2 rings (SSSR count). The highest BCUT2D eigenvalue weighted by Gasteiger charge is 2.26. The molecule has 0 unspecified atom stereocenters. The summed E-state index contributed by atoms with van der Waals surface area (Å²) in [5.74, 6) is 0. The van der Waals surface area contributed by atoms with Gasteiger partial charge in [-0.25, -0.2) is 13.4 Å². The number of ether oxygens (including phenoxy) is 1. The average molecular weight is 299 g/mol. The number of methoxy groups -OCH3 is 1. The molecule has 2 aromatic rings. The lowest BCUT2D eigenvalue weighted by molar-refractivity contribution is 0.177. The van der Waals surface area contributed by atoms with Crippen LogP contribution < -0.4 is 0 Å². The summed E-state index contributed by atoms with van der Waals surface area (Å²) in [6, 6.07) is 1.73. The second kappa shape index (κ2) is 6.21. The molecule has 0 bridgehead atoms. The van der Waals surface area contributed by atoms with E-state index in [1.54, 1.807) is 17.7 Å². The number of hydrogen-bond donors (Lipinski definition) is 0. The van der Waals surface area contributed by atoms with E-state index in [9.17, 15) is 8.42 Å². The predicted octanol–water partition coefficient (Wildman–Crippen LogP) is 0.850. The van der Waals surface area contributed by atoms with Gasteiger partial charge in [-0.2, -0.15) is 4.31 Å². The van der Waals surface area contributed by atoms with E-state index >= 15 is 0 Å². The SMILES string of the molecule is COCCN(Cc1ccoc1)S(=O)(=O)c1cn(C)cn1. The summed E-state index contributed by atoms with van der Waals surface area (Å²) < 4.78 is 37.9. The molecule has 0 amide bonds. The van der Waals surface area contributed by atoms with Gasteiger partial charge >= 0.3 is 0 Å². The maximum Gasteiger partial charge on any atom is 0.262 e. The van der Waals surface area contributed by atoms with Crippen LogP contribution in [0.3, 0.4) is 0 Å². The first-order valence-corrected chi connectivity index (χ1v) is 7.46. The van der Waals surface area contributed by atoms with Crippen molar-refractivity contribution < 1.29 is 17.6 Å². The Morgan fingerprint density at radius 2 is 2.30 bits per heavy atom. The quantitative estimate of drug-likeness (QED) is 0.757. The topological polar surface area (TPSA) is 77.6 Å². The van der Waals surface area contributed by atoms with Gasteiger partial charge in [0.05, 0.1) is 25.5 Å². The second-order valence-electron chi connectivity index (χ2n) is 4.34. The molecular weight excluding hydrogens is 282 g/mol. The maximum absolute atomic E-state index is 12.5. The van der Waals surface area contributed by atoms with Gasteiger partial charge in [0.15, 0.2) is 5.03 Å². The van der Waals surface area contributed by atoms with E-state index in [1.807, 2.05) is 0 Å². The van der Waals surface area contributed by atoms with Gasteiger partial charge in [-0.15, -0.1) is 0 Å².